The Morgan fingerprint density at radius 2 is 0.941 bits per heavy atom. The molecule has 16 atom stereocenters. The first-order valence-electron chi connectivity index (χ1n) is 15.1. The predicted molar refractivity (Wildman–Crippen MR) is 150 cm³/mol. The topological polar surface area (TPSA) is 24.1 Å². The molecule has 2 heterocycles. The molecule has 16 unspecified atom stereocenters. The fourth-order valence-corrected chi connectivity index (χ4v) is 12.5. The smallest absolute Gasteiger partial charge is 0.0632 e. The summed E-state index contributed by atoms with van der Waals surface area (Å²) < 4.78 is 0. The Morgan fingerprint density at radius 1 is 0.529 bits per heavy atom. The molecule has 0 amide bonds. The van der Waals surface area contributed by atoms with Gasteiger partial charge in [-0.25, -0.2) is 0 Å². The van der Waals surface area contributed by atoms with Gasteiger partial charge in [-0.15, -0.1) is 0 Å². The van der Waals surface area contributed by atoms with Crippen molar-refractivity contribution in [3.8, 4) is 0 Å². The van der Waals surface area contributed by atoms with Crippen LogP contribution in [0.15, 0.2) is 0 Å². The van der Waals surface area contributed by atoms with Crippen LogP contribution in [0.3, 0.4) is 0 Å². The maximum absolute atomic E-state index is 3.98. The van der Waals surface area contributed by atoms with Gasteiger partial charge in [0, 0.05) is 12.1 Å². The minimum Gasteiger partial charge on any atom is -0.302 e. The van der Waals surface area contributed by atoms with E-state index in [1.54, 1.807) is 0 Å². The third kappa shape index (κ3) is 4.33. The van der Waals surface area contributed by atoms with E-state index in [-0.39, 0.29) is 0 Å². The van der Waals surface area contributed by atoms with E-state index >= 15 is 0 Å². The molecule has 0 aromatic heterocycles. The molecule has 6 fully saturated rings. The lowest BCUT2D eigenvalue weighted by atomic mass is 9.61. The molecule has 0 aromatic carbocycles. The van der Waals surface area contributed by atoms with Crippen molar-refractivity contribution in [2.45, 2.75) is 114 Å². The number of alkyl halides is 2. The number of halogens is 2. The second kappa shape index (κ2) is 9.88. The summed E-state index contributed by atoms with van der Waals surface area (Å²) in [6.07, 6.45) is 14.5. The molecule has 2 N–H and O–H groups in total. The van der Waals surface area contributed by atoms with Crippen molar-refractivity contribution in [2.24, 2.45) is 71.0 Å². The van der Waals surface area contributed by atoms with E-state index in [1.165, 1.54) is 64.2 Å². The molecular weight excluding hydrogens is 548 g/mol. The average molecular weight is 599 g/mol. The van der Waals surface area contributed by atoms with Gasteiger partial charge in [0.1, 0.15) is 0 Å². The van der Waals surface area contributed by atoms with Crippen molar-refractivity contribution in [1.82, 2.24) is 10.6 Å². The van der Waals surface area contributed by atoms with Crippen LogP contribution in [0.1, 0.15) is 91.9 Å². The Kier molecular flexibility index (Phi) is 7.32. The van der Waals surface area contributed by atoms with Crippen molar-refractivity contribution in [3.63, 3.8) is 0 Å². The van der Waals surface area contributed by atoms with Crippen LogP contribution in [0.25, 0.3) is 0 Å². The molecule has 0 bridgehead atoms. The highest BCUT2D eigenvalue weighted by Crippen LogP contribution is 2.59. The first-order chi connectivity index (χ1) is 16.3. The number of rotatable bonds is 3. The zero-order valence-corrected chi connectivity index (χ0v) is 25.2. The van der Waals surface area contributed by atoms with Gasteiger partial charge in [0.05, 0.1) is 9.90 Å². The van der Waals surface area contributed by atoms with E-state index in [4.69, 9.17) is 0 Å². The molecule has 6 aliphatic rings. The summed E-state index contributed by atoms with van der Waals surface area (Å²) >= 11 is 7.80. The fraction of sp³-hybridized carbons (Fsp3) is 1.00. The zero-order chi connectivity index (χ0) is 23.7. The Labute approximate surface area is 226 Å². The SMILES string of the molecule is CC1CC2C(C)C3CCC(Br)NC3CC2C1CCC1C(C)CC2C(C)C3CCC(Br)NC3CC12. The zero-order valence-electron chi connectivity index (χ0n) is 22.1. The summed E-state index contributed by atoms with van der Waals surface area (Å²) in [6, 6.07) is 1.53. The molecule has 0 aromatic rings. The van der Waals surface area contributed by atoms with E-state index in [2.05, 4.69) is 70.2 Å². The van der Waals surface area contributed by atoms with Crippen molar-refractivity contribution < 1.29 is 0 Å². The van der Waals surface area contributed by atoms with Crippen LogP contribution in [0.4, 0.5) is 0 Å². The Hall–Kier alpha value is 0.880. The monoisotopic (exact) mass is 596 g/mol. The molecule has 4 saturated carbocycles. The summed E-state index contributed by atoms with van der Waals surface area (Å²) in [5.74, 6) is 11.5. The molecule has 4 aliphatic carbocycles. The van der Waals surface area contributed by atoms with Crippen LogP contribution in [-0.2, 0) is 0 Å². The highest BCUT2D eigenvalue weighted by Gasteiger charge is 2.54. The second-order valence-electron chi connectivity index (χ2n) is 14.1. The molecular formula is C30H50Br2N2. The maximum Gasteiger partial charge on any atom is 0.0632 e. The summed E-state index contributed by atoms with van der Waals surface area (Å²) in [6.45, 7) is 10.5. The van der Waals surface area contributed by atoms with Crippen molar-refractivity contribution in [2.75, 3.05) is 0 Å². The standard InChI is InChI=1S/C30H50Br2N2/c1-15-11-23-17(3)21-7-9-29(31)33-27(21)13-25(23)19(15)5-6-20-16(2)12-24-18(4)22-8-10-30(32)34-28(22)14-26(20)24/h15-30,33-34H,5-14H2,1-4H3. The van der Waals surface area contributed by atoms with E-state index in [1.807, 2.05) is 0 Å². The van der Waals surface area contributed by atoms with Gasteiger partial charge >= 0.3 is 0 Å². The molecule has 194 valence electrons. The molecule has 2 nitrogen and oxygen atoms in total. The van der Waals surface area contributed by atoms with Gasteiger partial charge in [0.25, 0.3) is 0 Å². The van der Waals surface area contributed by atoms with Crippen molar-refractivity contribution >= 4 is 31.9 Å². The maximum atomic E-state index is 3.98. The summed E-state index contributed by atoms with van der Waals surface area (Å²) in [5, 5.41) is 7.96. The third-order valence-corrected chi connectivity index (χ3v) is 14.3. The molecule has 0 spiro atoms. The molecule has 4 heteroatoms. The van der Waals surface area contributed by atoms with Gasteiger partial charge in [0.15, 0.2) is 0 Å². The predicted octanol–water partition coefficient (Wildman–Crippen LogP) is 7.80. The lowest BCUT2D eigenvalue weighted by molar-refractivity contribution is 0.0346. The molecule has 6 rings (SSSR count). The average Bonchev–Trinajstić information content (AvgIpc) is 3.28. The Morgan fingerprint density at radius 3 is 1.35 bits per heavy atom. The van der Waals surface area contributed by atoms with Gasteiger partial charge in [-0.05, 0) is 135 Å². The lowest BCUT2D eigenvalue weighted by Crippen LogP contribution is -2.53. The lowest BCUT2D eigenvalue weighted by Gasteiger charge is -2.49. The molecule has 0 radical (unpaired) electrons. The summed E-state index contributed by atoms with van der Waals surface area (Å²) in [7, 11) is 0. The van der Waals surface area contributed by atoms with Gasteiger partial charge in [-0.3, -0.25) is 0 Å². The van der Waals surface area contributed by atoms with E-state index < -0.39 is 0 Å². The highest BCUT2D eigenvalue weighted by atomic mass is 79.9. The van der Waals surface area contributed by atoms with Crippen LogP contribution < -0.4 is 10.6 Å². The molecule has 2 aliphatic heterocycles. The van der Waals surface area contributed by atoms with Crippen LogP contribution in [0.5, 0.6) is 0 Å². The first kappa shape index (κ1) is 25.2. The number of hydrogen-bond acceptors (Lipinski definition) is 2. The quantitative estimate of drug-likeness (QED) is 0.256. The Bertz CT molecular complexity index is 667. The number of fused-ring (bicyclic) bond motifs is 4. The van der Waals surface area contributed by atoms with Crippen molar-refractivity contribution in [1.29, 1.82) is 0 Å². The van der Waals surface area contributed by atoms with E-state index in [0.717, 1.165) is 83.1 Å². The summed E-state index contributed by atoms with van der Waals surface area (Å²) in [4.78, 5) is 1.10. The number of hydrogen-bond donors (Lipinski definition) is 2. The van der Waals surface area contributed by atoms with Crippen LogP contribution in [-0.4, -0.2) is 22.0 Å². The first-order valence-corrected chi connectivity index (χ1v) is 16.9. The molecule has 2 saturated heterocycles. The van der Waals surface area contributed by atoms with Gasteiger partial charge in [-0.1, -0.05) is 59.6 Å². The third-order valence-electron chi connectivity index (χ3n) is 12.9. The Balaban J connectivity index is 1.13. The van der Waals surface area contributed by atoms with Crippen LogP contribution in [0.2, 0.25) is 0 Å². The number of nitrogens with one attached hydrogen (secondary N) is 2. The minimum absolute atomic E-state index is 0.552. The second-order valence-corrected chi connectivity index (χ2v) is 16.4. The summed E-state index contributed by atoms with van der Waals surface area (Å²) in [5.41, 5.74) is 0. The fourth-order valence-electron chi connectivity index (χ4n) is 11.3. The van der Waals surface area contributed by atoms with Crippen LogP contribution >= 0.6 is 31.9 Å². The van der Waals surface area contributed by atoms with Gasteiger partial charge in [-0.2, -0.15) is 0 Å². The van der Waals surface area contributed by atoms with Gasteiger partial charge < -0.3 is 10.6 Å². The van der Waals surface area contributed by atoms with Crippen molar-refractivity contribution in [3.05, 3.63) is 0 Å². The normalized spacial score (nSPS) is 59.1. The van der Waals surface area contributed by atoms with Gasteiger partial charge in [0.2, 0.25) is 0 Å². The van der Waals surface area contributed by atoms with Crippen LogP contribution in [0, 0.1) is 71.0 Å². The van der Waals surface area contributed by atoms with E-state index in [9.17, 15) is 0 Å². The number of piperidine rings is 2. The van der Waals surface area contributed by atoms with E-state index in [0.29, 0.717) is 9.90 Å². The largest absolute Gasteiger partial charge is 0.302 e. The minimum atomic E-state index is 0.552. The molecule has 34 heavy (non-hydrogen) atoms. The highest BCUT2D eigenvalue weighted by molar-refractivity contribution is 9.09.